The average Bonchev–Trinajstić information content (AvgIpc) is 2.46. The zero-order chi connectivity index (χ0) is 17.0. The van der Waals surface area contributed by atoms with Gasteiger partial charge < -0.3 is 5.11 Å². The van der Waals surface area contributed by atoms with Crippen molar-refractivity contribution >= 4 is 27.4 Å². The van der Waals surface area contributed by atoms with E-state index in [4.69, 9.17) is 5.11 Å². The summed E-state index contributed by atoms with van der Waals surface area (Å²) in [6.07, 6.45) is 0. The molecule has 9 heteroatoms. The quantitative estimate of drug-likeness (QED) is 0.615. The number of nitrogens with one attached hydrogen (secondary N) is 1. The van der Waals surface area contributed by atoms with Crippen molar-refractivity contribution in [3.63, 3.8) is 0 Å². The van der Waals surface area contributed by atoms with Crippen molar-refractivity contribution in [1.29, 1.82) is 0 Å². The highest BCUT2D eigenvalue weighted by atomic mass is 32.2. The molecule has 0 saturated carbocycles. The maximum Gasteiger partial charge on any atom is 0.335 e. The molecule has 0 fully saturated rings. The first-order chi connectivity index (χ1) is 10.8. The van der Waals surface area contributed by atoms with E-state index in [1.165, 1.54) is 48.5 Å². The number of anilines is 1. The van der Waals surface area contributed by atoms with Crippen LogP contribution < -0.4 is 4.72 Å². The number of carbonyl (C=O) groups is 1. The second-order valence-electron chi connectivity index (χ2n) is 4.63. The minimum atomic E-state index is -3.93. The summed E-state index contributed by atoms with van der Waals surface area (Å²) >= 11 is 0. The van der Waals surface area contributed by atoms with Gasteiger partial charge in [0.1, 0.15) is 5.75 Å². The lowest BCUT2D eigenvalue weighted by molar-refractivity contribution is -0.385. The Morgan fingerprint density at radius 3 is 2.52 bits per heavy atom. The van der Waals surface area contributed by atoms with Gasteiger partial charge in [-0.05, 0) is 18.2 Å². The van der Waals surface area contributed by atoms with Crippen molar-refractivity contribution in [1.82, 2.24) is 0 Å². The molecule has 2 N–H and O–H groups in total. The molecule has 0 radical (unpaired) electrons. The topological polar surface area (TPSA) is 127 Å². The summed E-state index contributed by atoms with van der Waals surface area (Å²) in [7, 11) is -3.93. The summed E-state index contributed by atoms with van der Waals surface area (Å²) in [4.78, 5) is 21.1. The van der Waals surface area contributed by atoms with Crippen molar-refractivity contribution < 1.29 is 23.2 Å². The zero-order valence-electron chi connectivity index (χ0n) is 11.7. The van der Waals surface area contributed by atoms with Crippen molar-refractivity contribution in [2.24, 2.45) is 0 Å². The number of hydrogen-bond acceptors (Lipinski definition) is 5. The molecule has 0 aliphatic rings. The third-order valence-electron chi connectivity index (χ3n) is 2.92. The van der Waals surface area contributed by atoms with E-state index in [2.05, 4.69) is 4.72 Å². The summed E-state index contributed by atoms with van der Waals surface area (Å²) in [5.74, 6) is -1.79. The van der Waals surface area contributed by atoms with Crippen molar-refractivity contribution in [3.05, 3.63) is 69.8 Å². The van der Waals surface area contributed by atoms with Crippen LogP contribution in [-0.4, -0.2) is 24.4 Å². The highest BCUT2D eigenvalue weighted by Gasteiger charge is 2.20. The molecule has 0 bridgehead atoms. The molecule has 2 rings (SSSR count). The number of hydrogen-bond donors (Lipinski definition) is 2. The van der Waals surface area contributed by atoms with E-state index < -0.39 is 26.7 Å². The van der Waals surface area contributed by atoms with Gasteiger partial charge >= 0.3 is 5.97 Å². The van der Waals surface area contributed by atoms with Gasteiger partial charge in [-0.15, -0.1) is 0 Å². The largest absolute Gasteiger partial charge is 0.478 e. The zero-order valence-corrected chi connectivity index (χ0v) is 12.5. The molecule has 0 saturated heterocycles. The number of carboxylic acid groups (broad SMARTS) is 1. The van der Waals surface area contributed by atoms with E-state index in [1.54, 1.807) is 0 Å². The molecule has 8 nitrogen and oxygen atoms in total. The molecular formula is C14H12N2O6S. The molecular weight excluding hydrogens is 324 g/mol. The molecule has 2 aromatic carbocycles. The summed E-state index contributed by atoms with van der Waals surface area (Å²) in [5.41, 5.74) is -0.254. The molecule has 120 valence electrons. The Bertz CT molecular complexity index is 863. The highest BCUT2D eigenvalue weighted by molar-refractivity contribution is 7.91. The standard InChI is InChI=1S/C14H12N2O6S/c17-14(18)10-5-3-6-12(8-10)15-23(21,22)9-11-4-1-2-7-13(11)16(19)20/h1-8,15H,9H2,(H,17,18). The second kappa shape index (κ2) is 6.44. The van der Waals surface area contributed by atoms with Crippen LogP contribution >= 0.6 is 0 Å². The Morgan fingerprint density at radius 2 is 1.87 bits per heavy atom. The summed E-state index contributed by atoms with van der Waals surface area (Å²) < 4.78 is 26.5. The van der Waals surface area contributed by atoms with Crippen LogP contribution in [0.4, 0.5) is 11.4 Å². The number of nitrogens with zero attached hydrogens (tertiary/aromatic N) is 1. The minimum absolute atomic E-state index is 0.0411. The molecule has 0 heterocycles. The minimum Gasteiger partial charge on any atom is -0.478 e. The van der Waals surface area contributed by atoms with E-state index in [1.807, 2.05) is 0 Å². The summed E-state index contributed by atoms with van der Waals surface area (Å²) in [5, 5.41) is 19.8. The van der Waals surface area contributed by atoms with Gasteiger partial charge in [0.2, 0.25) is 10.0 Å². The number of aromatic carboxylic acids is 1. The van der Waals surface area contributed by atoms with Gasteiger partial charge in [0.05, 0.1) is 10.5 Å². The van der Waals surface area contributed by atoms with Crippen molar-refractivity contribution in [2.75, 3.05) is 4.72 Å². The first kappa shape index (κ1) is 16.4. The number of para-hydroxylation sites is 1. The molecule has 0 aliphatic heterocycles. The predicted molar refractivity (Wildman–Crippen MR) is 82.7 cm³/mol. The fourth-order valence-corrected chi connectivity index (χ4v) is 3.16. The number of carboxylic acids is 1. The van der Waals surface area contributed by atoms with Gasteiger partial charge in [0.15, 0.2) is 0 Å². The number of nitro benzene ring substituents is 1. The van der Waals surface area contributed by atoms with Crippen LogP contribution in [0, 0.1) is 10.1 Å². The number of rotatable bonds is 6. The summed E-state index contributed by atoms with van der Waals surface area (Å²) in [6.45, 7) is 0. The Balaban J connectivity index is 2.25. The van der Waals surface area contributed by atoms with Crippen LogP contribution in [0.1, 0.15) is 15.9 Å². The lowest BCUT2D eigenvalue weighted by Gasteiger charge is -2.09. The van der Waals surface area contributed by atoms with Gasteiger partial charge in [-0.2, -0.15) is 0 Å². The van der Waals surface area contributed by atoms with Crippen LogP contribution in [-0.2, 0) is 15.8 Å². The van der Waals surface area contributed by atoms with E-state index in [0.717, 1.165) is 0 Å². The number of benzene rings is 2. The maximum atomic E-state index is 12.1. The summed E-state index contributed by atoms with van der Waals surface area (Å²) in [6, 6.07) is 10.8. The fraction of sp³-hybridized carbons (Fsp3) is 0.0714. The van der Waals surface area contributed by atoms with Crippen LogP contribution in [0.25, 0.3) is 0 Å². The lowest BCUT2D eigenvalue weighted by Crippen LogP contribution is -2.16. The third kappa shape index (κ3) is 4.27. The Morgan fingerprint density at radius 1 is 1.17 bits per heavy atom. The molecule has 2 aromatic rings. The van der Waals surface area contributed by atoms with Crippen molar-refractivity contribution in [2.45, 2.75) is 5.75 Å². The Labute approximate surface area is 131 Å². The fourth-order valence-electron chi connectivity index (χ4n) is 1.95. The van der Waals surface area contributed by atoms with Gasteiger partial charge in [-0.3, -0.25) is 14.8 Å². The highest BCUT2D eigenvalue weighted by Crippen LogP contribution is 2.21. The normalized spacial score (nSPS) is 11.0. The number of sulfonamides is 1. The van der Waals surface area contributed by atoms with E-state index in [-0.39, 0.29) is 22.5 Å². The van der Waals surface area contributed by atoms with Gasteiger partial charge in [-0.1, -0.05) is 24.3 Å². The van der Waals surface area contributed by atoms with Crippen LogP contribution in [0.3, 0.4) is 0 Å². The van der Waals surface area contributed by atoms with Crippen LogP contribution in [0.5, 0.6) is 0 Å². The Hall–Kier alpha value is -2.94. The first-order valence-corrected chi connectivity index (χ1v) is 8.00. The smallest absolute Gasteiger partial charge is 0.335 e. The van der Waals surface area contributed by atoms with Gasteiger partial charge in [0.25, 0.3) is 5.69 Å². The van der Waals surface area contributed by atoms with E-state index in [9.17, 15) is 23.3 Å². The third-order valence-corrected chi connectivity index (χ3v) is 4.15. The number of nitro groups is 1. The molecule has 23 heavy (non-hydrogen) atoms. The molecule has 0 amide bonds. The SMILES string of the molecule is O=C(O)c1cccc(NS(=O)(=O)Cc2ccccc2[N+](=O)[O-])c1. The monoisotopic (exact) mass is 336 g/mol. The van der Waals surface area contributed by atoms with Crippen molar-refractivity contribution in [3.8, 4) is 0 Å². The lowest BCUT2D eigenvalue weighted by atomic mass is 10.2. The molecule has 0 atom stereocenters. The predicted octanol–water partition coefficient (Wildman–Crippen LogP) is 2.23. The average molecular weight is 336 g/mol. The van der Waals surface area contributed by atoms with Crippen LogP contribution in [0.2, 0.25) is 0 Å². The molecule has 0 spiro atoms. The molecule has 0 unspecified atom stereocenters. The Kier molecular flexibility index (Phi) is 4.60. The van der Waals surface area contributed by atoms with Gasteiger partial charge in [0, 0.05) is 17.3 Å². The first-order valence-electron chi connectivity index (χ1n) is 6.34. The second-order valence-corrected chi connectivity index (χ2v) is 6.36. The maximum absolute atomic E-state index is 12.1. The van der Waals surface area contributed by atoms with Crippen LogP contribution in [0.15, 0.2) is 48.5 Å². The van der Waals surface area contributed by atoms with E-state index in [0.29, 0.717) is 0 Å². The van der Waals surface area contributed by atoms with E-state index >= 15 is 0 Å². The molecule has 0 aromatic heterocycles. The molecule has 0 aliphatic carbocycles. The van der Waals surface area contributed by atoms with Gasteiger partial charge in [-0.25, -0.2) is 13.2 Å².